The second-order valence-corrected chi connectivity index (χ2v) is 26.1. The van der Waals surface area contributed by atoms with Crippen LogP contribution < -0.4 is 23.7 Å². The van der Waals surface area contributed by atoms with Crippen molar-refractivity contribution in [3.05, 3.63) is 231 Å². The molecular formula is C76H41N11O46. The van der Waals surface area contributed by atoms with Crippen LogP contribution in [0.3, 0.4) is 0 Å². The van der Waals surface area contributed by atoms with E-state index in [0.29, 0.717) is 84.9 Å². The first kappa shape index (κ1) is 93.4. The summed E-state index contributed by atoms with van der Waals surface area (Å²) in [5.74, 6) is -44.6. The van der Waals surface area contributed by atoms with E-state index in [1.165, 1.54) is 0 Å². The average molecular weight is 1840 g/mol. The number of nitrogens with zero attached hydrogens (tertiary/aromatic N) is 11. The molecule has 676 valence electrons. The minimum absolute atomic E-state index is 0.210. The number of benzene rings is 10. The Bertz CT molecular complexity index is 6670. The molecule has 0 saturated carbocycles. The van der Waals surface area contributed by atoms with Crippen LogP contribution in [0.25, 0.3) is 0 Å². The molecule has 133 heavy (non-hydrogen) atoms. The fourth-order valence-corrected chi connectivity index (χ4v) is 11.7. The lowest BCUT2D eigenvalue weighted by atomic mass is 9.97. The predicted molar refractivity (Wildman–Crippen MR) is 424 cm³/mol. The van der Waals surface area contributed by atoms with Crippen LogP contribution in [0.2, 0.25) is 0 Å². The SMILES string of the molecule is O=Nc1cc(C(=O)Oc2cc(C(=O)OC3C(COC(=O)c4cc(O)c(N=O)c(OC(=O)c5cc(O)c(N=O)c(O)c5)c4)OC(OC(=O)c4cc(O)c(N=O)c(OC(=O)c5cc(O)c(O)c(O)c5)c4)C(OC(=O)c4cc(O)c(N=O)c(OC(=O)c5cc(N=O)c(O)c(N=O)c5)c4)C3OC(=O)c3cc(O)c(N=O)c(OC(=O)c4cc(N=O)c(N=O)c(N=O)c4)c3)cc(O)c2O)cc(O)c1O. The van der Waals surface area contributed by atoms with Gasteiger partial charge in [-0.2, -0.15) is 0 Å². The van der Waals surface area contributed by atoms with E-state index in [9.17, 15) is 154 Å². The van der Waals surface area contributed by atoms with Crippen molar-refractivity contribution in [1.29, 1.82) is 0 Å². The molecule has 0 amide bonds. The summed E-state index contributed by atoms with van der Waals surface area (Å²) in [7, 11) is 0. The van der Waals surface area contributed by atoms with E-state index in [2.05, 4.69) is 56.9 Å². The van der Waals surface area contributed by atoms with E-state index in [1.807, 2.05) is 0 Å². The summed E-state index contributed by atoms with van der Waals surface area (Å²) in [4.78, 5) is 275. The van der Waals surface area contributed by atoms with E-state index in [0.717, 1.165) is 0 Å². The van der Waals surface area contributed by atoms with Crippen LogP contribution in [0.5, 0.6) is 109 Å². The quantitative estimate of drug-likeness (QED) is 0.00612. The minimum Gasteiger partial charge on any atom is -0.505 e. The Kier molecular flexibility index (Phi) is 27.3. The topological polar surface area (TPSA) is 879 Å². The molecule has 0 bridgehead atoms. The van der Waals surface area contributed by atoms with Gasteiger partial charge in [0, 0.05) is 0 Å². The second kappa shape index (κ2) is 38.8. The normalized spacial score (nSPS) is 14.1. The summed E-state index contributed by atoms with van der Waals surface area (Å²) in [6.07, 6.45) is -15.8. The van der Waals surface area contributed by atoms with E-state index in [1.54, 1.807) is 0 Å². The minimum atomic E-state index is -3.27. The maximum Gasteiger partial charge on any atom is 0.343 e. The number of carbonyl (C=O) groups is 10. The summed E-state index contributed by atoms with van der Waals surface area (Å²) < 4.78 is 60.7. The van der Waals surface area contributed by atoms with Gasteiger partial charge in [0.1, 0.15) is 58.6 Å². The summed E-state index contributed by atoms with van der Waals surface area (Å²) in [5.41, 5.74) is -23.6. The first-order chi connectivity index (χ1) is 63.3. The lowest BCUT2D eigenvalue weighted by molar-refractivity contribution is -0.282. The maximum absolute atomic E-state index is 15.5. The zero-order valence-corrected chi connectivity index (χ0v) is 64.4. The van der Waals surface area contributed by atoms with Crippen molar-refractivity contribution in [2.45, 2.75) is 30.7 Å². The van der Waals surface area contributed by atoms with Crippen LogP contribution >= 0.6 is 0 Å². The summed E-state index contributed by atoms with van der Waals surface area (Å²) in [6, 6.07) is 7.34. The van der Waals surface area contributed by atoms with Gasteiger partial charge in [-0.3, -0.25) is 0 Å². The molecule has 10 aromatic rings. The highest BCUT2D eigenvalue weighted by atomic mass is 16.8. The van der Waals surface area contributed by atoms with Crippen molar-refractivity contribution in [2.75, 3.05) is 6.61 Å². The lowest BCUT2D eigenvalue weighted by Crippen LogP contribution is -2.63. The molecule has 5 atom stereocenters. The van der Waals surface area contributed by atoms with Crippen molar-refractivity contribution in [3.63, 3.8) is 0 Å². The molecule has 0 spiro atoms. The summed E-state index contributed by atoms with van der Waals surface area (Å²) in [6.45, 7) is -1.83. The zero-order chi connectivity index (χ0) is 97.2. The van der Waals surface area contributed by atoms with Gasteiger partial charge >= 0.3 is 59.7 Å². The molecule has 57 nitrogen and oxygen atoms in total. The zero-order valence-electron chi connectivity index (χ0n) is 64.4. The third-order valence-corrected chi connectivity index (χ3v) is 18.0. The van der Waals surface area contributed by atoms with Gasteiger partial charge in [-0.05, 0) is 178 Å². The van der Waals surface area contributed by atoms with E-state index in [4.69, 9.17) is 52.1 Å². The molecule has 1 aliphatic heterocycles. The molecule has 11 rings (SSSR count). The molecule has 5 unspecified atom stereocenters. The van der Waals surface area contributed by atoms with Crippen LogP contribution in [0, 0.1) is 54.0 Å². The monoisotopic (exact) mass is 1840 g/mol. The van der Waals surface area contributed by atoms with Crippen LogP contribution in [-0.2, 0) is 28.4 Å². The number of carbonyl (C=O) groups excluding carboxylic acids is 10. The van der Waals surface area contributed by atoms with Gasteiger partial charge in [0.15, 0.2) is 132 Å². The Labute approximate surface area is 725 Å². The number of ether oxygens (including phenoxy) is 11. The van der Waals surface area contributed by atoms with Gasteiger partial charge in [-0.25, -0.2) is 47.9 Å². The molecule has 57 heteroatoms. The van der Waals surface area contributed by atoms with Gasteiger partial charge in [0.05, 0.1) is 55.6 Å². The summed E-state index contributed by atoms with van der Waals surface area (Å²) in [5, 5.41) is 176. The Morgan fingerprint density at radius 3 is 0.820 bits per heavy atom. The third-order valence-electron chi connectivity index (χ3n) is 18.0. The molecule has 10 aromatic carbocycles. The van der Waals surface area contributed by atoms with Crippen molar-refractivity contribution < 1.29 is 172 Å². The number of nitroso groups, excluding NO2 is 11. The first-order valence-electron chi connectivity index (χ1n) is 35.2. The van der Waals surface area contributed by atoms with E-state index < -0.39 is 324 Å². The van der Waals surface area contributed by atoms with Crippen LogP contribution in [0.15, 0.2) is 178 Å². The van der Waals surface area contributed by atoms with Gasteiger partial charge in [0.25, 0.3) is 0 Å². The molecule has 1 saturated heterocycles. The van der Waals surface area contributed by atoms with Crippen molar-refractivity contribution in [2.24, 2.45) is 56.9 Å². The van der Waals surface area contributed by atoms with Gasteiger partial charge in [-0.15, -0.1) is 54.0 Å². The molecule has 1 fully saturated rings. The standard InChI is InChI=1S/C76H41N11O46/c88-37-6-25(7-38(89)54(37)83-118)70(106)126-47-16-27(8-39(90)55(47)84-119)66(102)123-21-52-63(130-72(108)31-15-46(97)62(101)51(20-31)128-69(105)24-5-36(81-116)60(99)43(94)12-24)64(131-73(109)28-9-40(91)56(85-120)48(17-28)124-67(103)22-1-32(77-112)53(82-117)33(2-22)78-113)65(132-74(110)29-10-41(92)57(86-121)49(18-29)125-68(104)23-3-34(79-114)59(98)35(4-23)80-115)76(129-52)133-75(111)30-11-42(93)58(87-122)50(19-30)127-71(107)26-13-44(95)61(100)45(96)14-26/h1-20,52,63-65,76,88-101H,21H2. The molecule has 14 N–H and O–H groups in total. The number of hydrogen-bond acceptors (Lipinski definition) is 57. The van der Waals surface area contributed by atoms with Gasteiger partial charge < -0.3 is 124 Å². The third kappa shape index (κ3) is 19.5. The van der Waals surface area contributed by atoms with E-state index >= 15 is 19.2 Å². The number of esters is 10. The largest absolute Gasteiger partial charge is 0.505 e. The Morgan fingerprint density at radius 1 is 0.226 bits per heavy atom. The Balaban J connectivity index is 1.13. The van der Waals surface area contributed by atoms with Crippen LogP contribution in [0.1, 0.15) is 104 Å². The molecule has 1 heterocycles. The fourth-order valence-electron chi connectivity index (χ4n) is 11.7. The lowest BCUT2D eigenvalue weighted by Gasteiger charge is -2.43. The first-order valence-corrected chi connectivity index (χ1v) is 35.2. The summed E-state index contributed by atoms with van der Waals surface area (Å²) >= 11 is 0. The molecule has 0 radical (unpaired) electrons. The molecule has 1 aliphatic rings. The highest BCUT2D eigenvalue weighted by molar-refractivity contribution is 6.02. The average Bonchev–Trinajstić information content (AvgIpc) is 0.762. The number of aromatic hydroxyl groups is 14. The van der Waals surface area contributed by atoms with Crippen LogP contribution in [0.4, 0.5) is 62.6 Å². The van der Waals surface area contributed by atoms with Crippen molar-refractivity contribution in [3.8, 4) is 109 Å². The molecule has 0 aromatic heterocycles. The Morgan fingerprint density at radius 2 is 0.474 bits per heavy atom. The van der Waals surface area contributed by atoms with E-state index in [-0.39, 0.29) is 36.4 Å². The number of phenols is 14. The van der Waals surface area contributed by atoms with Gasteiger partial charge in [-0.1, -0.05) is 0 Å². The van der Waals surface area contributed by atoms with Crippen molar-refractivity contribution >= 4 is 122 Å². The maximum atomic E-state index is 15.5. The molecule has 0 aliphatic carbocycles. The second-order valence-electron chi connectivity index (χ2n) is 26.1. The number of rotatable bonds is 32. The fraction of sp³-hybridized carbons (Fsp3) is 0.0789. The molecular weight excluding hydrogens is 1800 g/mol. The van der Waals surface area contributed by atoms with Gasteiger partial charge in [0.2, 0.25) is 18.1 Å². The smallest absolute Gasteiger partial charge is 0.343 e. The number of hydrogen-bond donors (Lipinski definition) is 14. The highest BCUT2D eigenvalue weighted by Crippen LogP contribution is 2.49. The highest BCUT2D eigenvalue weighted by Gasteiger charge is 2.55. The van der Waals surface area contributed by atoms with Crippen molar-refractivity contribution in [1.82, 2.24) is 0 Å². The van der Waals surface area contributed by atoms with Crippen LogP contribution in [-0.4, -0.2) is 168 Å². The Hall–Kier alpha value is -20.3. The number of phenolic OH excluding ortho intramolecular Hbond substituents is 14. The predicted octanol–water partition coefficient (Wildman–Crippen LogP) is 12.5.